The van der Waals surface area contributed by atoms with Gasteiger partial charge in [-0.05, 0) is 12.5 Å². The Kier molecular flexibility index (Phi) is 5.78. The fourth-order valence-electron chi connectivity index (χ4n) is 1.59. The van der Waals surface area contributed by atoms with Crippen molar-refractivity contribution in [2.75, 3.05) is 0 Å². The number of aromatic hydroxyl groups is 1. The first-order chi connectivity index (χ1) is 8.06. The first kappa shape index (κ1) is 18.1. The molecule has 0 bridgehead atoms. The second-order valence-corrected chi connectivity index (χ2v) is 5.21. The summed E-state index contributed by atoms with van der Waals surface area (Å²) >= 11 is 0. The molecule has 0 spiro atoms. The van der Waals surface area contributed by atoms with Gasteiger partial charge in [0.2, 0.25) is 5.88 Å². The molecule has 1 rings (SSSR count). The van der Waals surface area contributed by atoms with Gasteiger partial charge in [-0.2, -0.15) is 8.42 Å². The van der Waals surface area contributed by atoms with Crippen molar-refractivity contribution in [1.82, 2.24) is 4.57 Å². The van der Waals surface area contributed by atoms with E-state index >= 15 is 0 Å². The minimum Gasteiger partial charge on any atom is -0.494 e. The van der Waals surface area contributed by atoms with Crippen LogP contribution >= 0.6 is 0 Å². The van der Waals surface area contributed by atoms with Crippen LogP contribution in [-0.4, -0.2) is 28.6 Å². The van der Waals surface area contributed by atoms with Crippen molar-refractivity contribution in [3.63, 3.8) is 0 Å². The second kappa shape index (κ2) is 6.06. The number of hydrogen-bond acceptors (Lipinski definition) is 5. The average molecular weight is 299 g/mol. The summed E-state index contributed by atoms with van der Waals surface area (Å²) in [6.07, 6.45) is 0. The Morgan fingerprint density at radius 3 is 2.26 bits per heavy atom. The van der Waals surface area contributed by atoms with Gasteiger partial charge in [0.25, 0.3) is 21.6 Å². The maximum atomic E-state index is 11.7. The van der Waals surface area contributed by atoms with Crippen molar-refractivity contribution < 1.29 is 52.4 Å². The predicted octanol–water partition coefficient (Wildman–Crippen LogP) is -4.11. The maximum absolute atomic E-state index is 11.7. The molecule has 0 fully saturated rings. The quantitative estimate of drug-likeness (QED) is 0.383. The molecule has 4 N–H and O–H groups in total. The van der Waals surface area contributed by atoms with Crippen LogP contribution in [-0.2, 0) is 22.9 Å². The SMILES string of the molecule is Cc1c(C(N)=O)c(O)n(C)c(=O)c1CS(=O)(=O)O.[Na+]. The molecule has 0 aromatic carbocycles. The molecule has 0 saturated heterocycles. The molecule has 10 heteroatoms. The zero-order valence-corrected chi connectivity index (χ0v) is 13.5. The fraction of sp³-hybridized carbons (Fsp3) is 0.333. The Hall–Kier alpha value is -0.870. The van der Waals surface area contributed by atoms with Crippen LogP contribution in [0, 0.1) is 6.92 Å². The van der Waals surface area contributed by atoms with Crippen molar-refractivity contribution >= 4 is 16.0 Å². The molecular weight excluding hydrogens is 287 g/mol. The van der Waals surface area contributed by atoms with Gasteiger partial charge >= 0.3 is 29.6 Å². The van der Waals surface area contributed by atoms with E-state index in [9.17, 15) is 23.1 Å². The predicted molar refractivity (Wildman–Crippen MR) is 61.9 cm³/mol. The molecule has 0 aliphatic carbocycles. The van der Waals surface area contributed by atoms with E-state index in [1.165, 1.54) is 6.92 Å². The van der Waals surface area contributed by atoms with Gasteiger partial charge in [0, 0.05) is 12.6 Å². The third-order valence-corrected chi connectivity index (χ3v) is 3.16. The van der Waals surface area contributed by atoms with Gasteiger partial charge < -0.3 is 10.8 Å². The summed E-state index contributed by atoms with van der Waals surface area (Å²) in [7, 11) is -3.29. The van der Waals surface area contributed by atoms with Crippen LogP contribution in [0.4, 0.5) is 0 Å². The van der Waals surface area contributed by atoms with E-state index in [1.54, 1.807) is 0 Å². The van der Waals surface area contributed by atoms with E-state index in [0.717, 1.165) is 7.05 Å². The molecule has 19 heavy (non-hydrogen) atoms. The summed E-state index contributed by atoms with van der Waals surface area (Å²) in [5.41, 5.74) is 3.48. The number of nitrogens with two attached hydrogens (primary N) is 1. The topological polar surface area (TPSA) is 140 Å². The van der Waals surface area contributed by atoms with E-state index in [1.807, 2.05) is 0 Å². The minimum atomic E-state index is -4.44. The summed E-state index contributed by atoms with van der Waals surface area (Å²) in [6.45, 7) is 1.27. The van der Waals surface area contributed by atoms with Crippen molar-refractivity contribution in [3.05, 3.63) is 27.0 Å². The van der Waals surface area contributed by atoms with E-state index in [2.05, 4.69) is 0 Å². The number of rotatable bonds is 3. The summed E-state index contributed by atoms with van der Waals surface area (Å²) in [5.74, 6) is -2.60. The molecule has 0 radical (unpaired) electrons. The number of hydrogen-bond donors (Lipinski definition) is 3. The third-order valence-electron chi connectivity index (χ3n) is 2.50. The molecule has 0 saturated carbocycles. The van der Waals surface area contributed by atoms with Crippen LogP contribution < -0.4 is 40.9 Å². The Morgan fingerprint density at radius 1 is 1.42 bits per heavy atom. The monoisotopic (exact) mass is 299 g/mol. The molecule has 0 unspecified atom stereocenters. The van der Waals surface area contributed by atoms with Crippen LogP contribution in [0.2, 0.25) is 0 Å². The number of nitrogens with zero attached hydrogens (tertiary/aromatic N) is 1. The number of primary amides is 1. The average Bonchev–Trinajstić information content (AvgIpc) is 2.20. The minimum absolute atomic E-state index is 0. The van der Waals surface area contributed by atoms with Gasteiger partial charge in [0.1, 0.15) is 11.3 Å². The summed E-state index contributed by atoms with van der Waals surface area (Å²) in [5, 5.41) is 9.60. The van der Waals surface area contributed by atoms with E-state index in [0.29, 0.717) is 4.57 Å². The van der Waals surface area contributed by atoms with Gasteiger partial charge in [-0.15, -0.1) is 0 Å². The Balaban J connectivity index is 0.00000324. The normalized spacial score (nSPS) is 10.9. The summed E-state index contributed by atoms with van der Waals surface area (Å²) in [6, 6.07) is 0. The van der Waals surface area contributed by atoms with Crippen molar-refractivity contribution in [3.8, 4) is 5.88 Å². The number of aromatic nitrogens is 1. The Labute approximate surface area is 131 Å². The second-order valence-electron chi connectivity index (χ2n) is 3.76. The Morgan fingerprint density at radius 2 is 1.89 bits per heavy atom. The molecular formula is C9H12N2NaO6S+. The van der Waals surface area contributed by atoms with Crippen LogP contribution in [0.1, 0.15) is 21.5 Å². The zero-order chi connectivity index (χ0) is 14.2. The molecule has 1 aromatic heterocycles. The third kappa shape index (κ3) is 3.80. The largest absolute Gasteiger partial charge is 1.00 e. The number of carbonyl (C=O) groups is 1. The molecule has 1 aromatic rings. The molecule has 0 atom stereocenters. The Bertz CT molecular complexity index is 679. The molecule has 1 amide bonds. The number of amides is 1. The van der Waals surface area contributed by atoms with Crippen molar-refractivity contribution in [2.45, 2.75) is 12.7 Å². The first-order valence-electron chi connectivity index (χ1n) is 4.72. The van der Waals surface area contributed by atoms with Crippen LogP contribution in [0.15, 0.2) is 4.79 Å². The van der Waals surface area contributed by atoms with Crippen LogP contribution in [0.5, 0.6) is 5.88 Å². The van der Waals surface area contributed by atoms with Gasteiger partial charge in [-0.3, -0.25) is 18.7 Å². The molecule has 1 heterocycles. The summed E-state index contributed by atoms with van der Waals surface area (Å²) < 4.78 is 31.1. The first-order valence-corrected chi connectivity index (χ1v) is 6.33. The van der Waals surface area contributed by atoms with Crippen molar-refractivity contribution in [1.29, 1.82) is 0 Å². The molecule has 8 nitrogen and oxygen atoms in total. The molecule has 0 aliphatic heterocycles. The number of pyridine rings is 1. The molecule has 100 valence electrons. The fourth-order valence-corrected chi connectivity index (χ4v) is 2.30. The van der Waals surface area contributed by atoms with Crippen molar-refractivity contribution in [2.24, 2.45) is 12.8 Å². The zero-order valence-electron chi connectivity index (χ0n) is 10.7. The van der Waals surface area contributed by atoms with E-state index in [4.69, 9.17) is 10.3 Å². The van der Waals surface area contributed by atoms with Gasteiger partial charge in [-0.1, -0.05) is 0 Å². The van der Waals surface area contributed by atoms with E-state index < -0.39 is 33.2 Å². The standard InChI is InChI=1S/C9H12N2O6S.Na/c1-4-5(3-18(15,16)17)8(13)11(2)9(14)6(4)7(10)12;/h14H,3H2,1-2H3,(H2,10,12)(H,15,16,17);/q;+1. The molecule has 0 aliphatic rings. The van der Waals surface area contributed by atoms with Crippen LogP contribution in [0.25, 0.3) is 0 Å². The maximum Gasteiger partial charge on any atom is 1.00 e. The number of carbonyl (C=O) groups excluding carboxylic acids is 1. The summed E-state index contributed by atoms with van der Waals surface area (Å²) in [4.78, 5) is 22.9. The van der Waals surface area contributed by atoms with E-state index in [-0.39, 0.29) is 46.2 Å². The van der Waals surface area contributed by atoms with Gasteiger partial charge in [-0.25, -0.2) is 0 Å². The van der Waals surface area contributed by atoms with Gasteiger partial charge in [0.05, 0.1) is 0 Å². The van der Waals surface area contributed by atoms with Crippen LogP contribution in [0.3, 0.4) is 0 Å². The smallest absolute Gasteiger partial charge is 0.494 e. The van der Waals surface area contributed by atoms with Gasteiger partial charge in [0.15, 0.2) is 0 Å².